The van der Waals surface area contributed by atoms with E-state index in [1.54, 1.807) is 28.4 Å². The van der Waals surface area contributed by atoms with Crippen molar-refractivity contribution in [2.75, 3.05) is 47.4 Å². The Kier molecular flexibility index (Phi) is 6.35. The first-order chi connectivity index (χ1) is 17.5. The molecule has 4 aromatic rings. The van der Waals surface area contributed by atoms with Crippen molar-refractivity contribution < 1.29 is 23.5 Å². The molecular weight excluding hydrogens is 452 g/mol. The van der Waals surface area contributed by atoms with Gasteiger partial charge < -0.3 is 18.9 Å². The first-order valence-corrected chi connectivity index (χ1v) is 12.1. The molecule has 0 atom stereocenters. The number of nitrogens with zero attached hydrogens (tertiary/aromatic N) is 2. The topological polar surface area (TPSA) is 44.0 Å². The molecule has 3 aromatic carbocycles. The minimum Gasteiger partial charge on any atom is -0.493 e. The average molecular weight is 486 g/mol. The highest BCUT2D eigenvalue weighted by molar-refractivity contribution is 5.96. The Morgan fingerprint density at radius 3 is 2.14 bits per heavy atom. The SMILES string of the molecule is COc1cc2cc3[n+](c(N(C)C)c2cc1OC)CCc1c(OC)c(OC)cc(Cc2ccccc2)c1-3. The Morgan fingerprint density at radius 2 is 1.50 bits per heavy atom. The lowest BCUT2D eigenvalue weighted by Gasteiger charge is -2.27. The maximum atomic E-state index is 5.91. The average Bonchev–Trinajstić information content (AvgIpc) is 2.90. The maximum absolute atomic E-state index is 5.91. The van der Waals surface area contributed by atoms with Crippen LogP contribution in [-0.4, -0.2) is 42.5 Å². The van der Waals surface area contributed by atoms with Crippen LogP contribution in [0.3, 0.4) is 0 Å². The zero-order valence-electron chi connectivity index (χ0n) is 21.8. The number of anilines is 1. The van der Waals surface area contributed by atoms with Gasteiger partial charge in [-0.2, -0.15) is 0 Å². The van der Waals surface area contributed by atoms with E-state index in [9.17, 15) is 0 Å². The molecule has 0 bridgehead atoms. The summed E-state index contributed by atoms with van der Waals surface area (Å²) in [5.41, 5.74) is 6.03. The lowest BCUT2D eigenvalue weighted by atomic mass is 9.87. The van der Waals surface area contributed by atoms with E-state index < -0.39 is 0 Å². The minimum absolute atomic E-state index is 0.715. The third-order valence-electron chi connectivity index (χ3n) is 6.99. The minimum atomic E-state index is 0.715. The zero-order chi connectivity index (χ0) is 25.4. The predicted octanol–water partition coefficient (Wildman–Crippen LogP) is 5.04. The van der Waals surface area contributed by atoms with E-state index in [1.165, 1.54) is 22.3 Å². The number of benzene rings is 3. The first kappa shape index (κ1) is 23.8. The molecule has 1 aliphatic heterocycles. The Balaban J connectivity index is 1.85. The number of aromatic nitrogens is 1. The quantitative estimate of drug-likeness (QED) is 0.343. The molecule has 186 valence electrons. The van der Waals surface area contributed by atoms with Gasteiger partial charge in [0.1, 0.15) is 5.69 Å². The summed E-state index contributed by atoms with van der Waals surface area (Å²) in [6.45, 7) is 0.828. The molecule has 5 rings (SSSR count). The fraction of sp³-hybridized carbons (Fsp3) is 0.300. The van der Waals surface area contributed by atoms with Crippen LogP contribution in [0, 0.1) is 0 Å². The van der Waals surface area contributed by atoms with Crippen molar-refractivity contribution in [2.45, 2.75) is 19.4 Å². The molecule has 0 amide bonds. The fourth-order valence-corrected chi connectivity index (χ4v) is 5.47. The highest BCUT2D eigenvalue weighted by Crippen LogP contribution is 2.45. The number of ether oxygens (including phenoxy) is 4. The fourth-order valence-electron chi connectivity index (χ4n) is 5.47. The van der Waals surface area contributed by atoms with Crippen molar-refractivity contribution in [2.24, 2.45) is 0 Å². The van der Waals surface area contributed by atoms with Gasteiger partial charge >= 0.3 is 0 Å². The molecule has 6 heteroatoms. The molecule has 2 heterocycles. The van der Waals surface area contributed by atoms with Crippen molar-refractivity contribution in [1.29, 1.82) is 0 Å². The van der Waals surface area contributed by atoms with Crippen LogP contribution >= 0.6 is 0 Å². The van der Waals surface area contributed by atoms with Gasteiger partial charge in [-0.25, -0.2) is 4.57 Å². The molecule has 0 unspecified atom stereocenters. The third-order valence-corrected chi connectivity index (χ3v) is 6.99. The monoisotopic (exact) mass is 485 g/mol. The van der Waals surface area contributed by atoms with E-state index in [2.05, 4.69) is 78.2 Å². The van der Waals surface area contributed by atoms with E-state index in [4.69, 9.17) is 18.9 Å². The highest BCUT2D eigenvalue weighted by Gasteiger charge is 2.32. The molecule has 0 radical (unpaired) electrons. The smallest absolute Gasteiger partial charge is 0.284 e. The largest absolute Gasteiger partial charge is 0.493 e. The van der Waals surface area contributed by atoms with Crippen LogP contribution < -0.4 is 28.4 Å². The van der Waals surface area contributed by atoms with Crippen molar-refractivity contribution in [3.05, 3.63) is 71.3 Å². The highest BCUT2D eigenvalue weighted by atomic mass is 16.5. The predicted molar refractivity (Wildman–Crippen MR) is 143 cm³/mol. The van der Waals surface area contributed by atoms with E-state index in [0.29, 0.717) is 5.75 Å². The summed E-state index contributed by atoms with van der Waals surface area (Å²) in [7, 11) is 11.0. The first-order valence-electron chi connectivity index (χ1n) is 12.1. The van der Waals surface area contributed by atoms with Gasteiger partial charge in [0.2, 0.25) is 0 Å². The van der Waals surface area contributed by atoms with Gasteiger partial charge in [-0.3, -0.25) is 4.90 Å². The summed E-state index contributed by atoms with van der Waals surface area (Å²) in [5, 5.41) is 2.21. The van der Waals surface area contributed by atoms with E-state index in [1.807, 2.05) is 0 Å². The van der Waals surface area contributed by atoms with Crippen molar-refractivity contribution in [1.82, 2.24) is 0 Å². The van der Waals surface area contributed by atoms with Gasteiger partial charge in [0.15, 0.2) is 23.0 Å². The van der Waals surface area contributed by atoms with Gasteiger partial charge in [0.25, 0.3) is 5.82 Å². The number of hydrogen-bond acceptors (Lipinski definition) is 5. The number of rotatable bonds is 7. The molecule has 0 spiro atoms. The van der Waals surface area contributed by atoms with Gasteiger partial charge in [0, 0.05) is 23.6 Å². The summed E-state index contributed by atoms with van der Waals surface area (Å²) < 4.78 is 25.4. The number of fused-ring (bicyclic) bond motifs is 4. The Hall–Kier alpha value is -3.93. The molecule has 0 fully saturated rings. The van der Waals surface area contributed by atoms with Gasteiger partial charge in [-0.15, -0.1) is 0 Å². The lowest BCUT2D eigenvalue weighted by molar-refractivity contribution is -0.674. The summed E-state index contributed by atoms with van der Waals surface area (Å²) >= 11 is 0. The van der Waals surface area contributed by atoms with Gasteiger partial charge in [-0.05, 0) is 41.1 Å². The molecule has 36 heavy (non-hydrogen) atoms. The normalized spacial score (nSPS) is 12.1. The van der Waals surface area contributed by atoms with Crippen LogP contribution in [-0.2, 0) is 19.4 Å². The van der Waals surface area contributed by atoms with Crippen LogP contribution in [0.2, 0.25) is 0 Å². The summed E-state index contributed by atoms with van der Waals surface area (Å²) in [6.07, 6.45) is 1.64. The van der Waals surface area contributed by atoms with Crippen molar-refractivity contribution in [3.8, 4) is 34.3 Å². The van der Waals surface area contributed by atoms with E-state index in [-0.39, 0.29) is 0 Å². The standard InChI is InChI=1S/C30H33N2O4/c1-31(2)30-23-18-26(34-4)25(33-3)16-20(23)15-24-28-21(14-19-10-8-7-9-11-19)17-27(35-5)29(36-6)22(28)12-13-32(24)30/h7-11,15-18H,12-14H2,1-6H3/q+1. The summed E-state index contributed by atoms with van der Waals surface area (Å²) in [6, 6.07) is 19.1. The Labute approximate surface area is 212 Å². The molecular formula is C30H33N2O4+. The number of pyridine rings is 1. The number of hydrogen-bond donors (Lipinski definition) is 0. The summed E-state index contributed by atoms with van der Waals surface area (Å²) in [5.74, 6) is 4.16. The lowest BCUT2D eigenvalue weighted by Crippen LogP contribution is -2.45. The van der Waals surface area contributed by atoms with E-state index >= 15 is 0 Å². The van der Waals surface area contributed by atoms with Crippen LogP contribution in [0.4, 0.5) is 5.82 Å². The maximum Gasteiger partial charge on any atom is 0.284 e. The Bertz CT molecular complexity index is 1430. The molecule has 0 saturated heterocycles. The third kappa shape index (κ3) is 3.87. The van der Waals surface area contributed by atoms with Crippen LogP contribution in [0.5, 0.6) is 23.0 Å². The summed E-state index contributed by atoms with van der Waals surface area (Å²) in [4.78, 5) is 2.18. The Morgan fingerprint density at radius 1 is 0.806 bits per heavy atom. The molecule has 0 aliphatic carbocycles. The second-order valence-electron chi connectivity index (χ2n) is 9.23. The van der Waals surface area contributed by atoms with Gasteiger partial charge in [-0.1, -0.05) is 30.3 Å². The van der Waals surface area contributed by atoms with Crippen LogP contribution in [0.25, 0.3) is 22.0 Å². The second-order valence-corrected chi connectivity index (χ2v) is 9.23. The van der Waals surface area contributed by atoms with Crippen molar-refractivity contribution >= 4 is 16.6 Å². The molecule has 0 saturated carbocycles. The van der Waals surface area contributed by atoms with Gasteiger partial charge in [0.05, 0.1) is 54.5 Å². The molecule has 1 aromatic heterocycles. The number of methoxy groups -OCH3 is 4. The second kappa shape index (κ2) is 9.61. The molecule has 6 nitrogen and oxygen atoms in total. The molecule has 1 aliphatic rings. The zero-order valence-corrected chi connectivity index (χ0v) is 21.8. The van der Waals surface area contributed by atoms with Crippen molar-refractivity contribution in [3.63, 3.8) is 0 Å². The van der Waals surface area contributed by atoms with E-state index in [0.717, 1.165) is 58.9 Å². The van der Waals surface area contributed by atoms with Crippen LogP contribution in [0.1, 0.15) is 16.7 Å². The molecule has 0 N–H and O–H groups in total. The van der Waals surface area contributed by atoms with Crippen LogP contribution in [0.15, 0.2) is 54.6 Å².